The number of aliphatic hydroxyl groups excluding tert-OH is 1. The number of nitrogens with zero attached hydrogens (tertiary/aromatic N) is 1. The average molecular weight is 238 g/mol. The van der Waals surface area contributed by atoms with Crippen LogP contribution in [0.25, 0.3) is 0 Å². The maximum absolute atomic E-state index is 12.0. The predicted octanol–water partition coefficient (Wildman–Crippen LogP) is 1.64. The van der Waals surface area contributed by atoms with Gasteiger partial charge in [-0.3, -0.25) is 4.79 Å². The van der Waals surface area contributed by atoms with E-state index >= 15 is 0 Å². The monoisotopic (exact) mass is 238 g/mol. The molecule has 96 valence electrons. The second kappa shape index (κ2) is 6.45. The van der Waals surface area contributed by atoms with E-state index in [0.29, 0.717) is 5.69 Å². The summed E-state index contributed by atoms with van der Waals surface area (Å²) in [5, 5.41) is 12.1. The van der Waals surface area contributed by atoms with Crippen molar-refractivity contribution in [2.24, 2.45) is 5.92 Å². The molecule has 0 spiro atoms. The van der Waals surface area contributed by atoms with E-state index in [1.54, 1.807) is 6.07 Å². The maximum atomic E-state index is 12.0. The Hall–Kier alpha value is -1.29. The van der Waals surface area contributed by atoms with Crippen molar-refractivity contribution in [2.45, 2.75) is 39.8 Å². The summed E-state index contributed by atoms with van der Waals surface area (Å²) in [6.07, 6.45) is 2.89. The van der Waals surface area contributed by atoms with Gasteiger partial charge in [-0.05, 0) is 24.5 Å². The van der Waals surface area contributed by atoms with E-state index in [2.05, 4.69) is 12.2 Å². The highest BCUT2D eigenvalue weighted by Gasteiger charge is 2.17. The predicted molar refractivity (Wildman–Crippen MR) is 67.9 cm³/mol. The summed E-state index contributed by atoms with van der Waals surface area (Å²) in [5.74, 6) is 0.106. The number of rotatable bonds is 6. The van der Waals surface area contributed by atoms with Crippen molar-refractivity contribution >= 4 is 5.91 Å². The van der Waals surface area contributed by atoms with Gasteiger partial charge >= 0.3 is 0 Å². The molecule has 0 radical (unpaired) electrons. The minimum atomic E-state index is -0.188. The van der Waals surface area contributed by atoms with Gasteiger partial charge in [0.15, 0.2) is 0 Å². The number of aryl methyl sites for hydroxylation is 1. The fourth-order valence-corrected chi connectivity index (χ4v) is 1.72. The first-order valence-electron chi connectivity index (χ1n) is 6.17. The van der Waals surface area contributed by atoms with E-state index in [0.717, 1.165) is 13.0 Å². The lowest BCUT2D eigenvalue weighted by atomic mass is 10.1. The Morgan fingerprint density at radius 2 is 2.24 bits per heavy atom. The summed E-state index contributed by atoms with van der Waals surface area (Å²) in [5.41, 5.74) is 0.658. The lowest BCUT2D eigenvalue weighted by molar-refractivity contribution is 0.0887. The second-order valence-corrected chi connectivity index (χ2v) is 4.59. The third-order valence-electron chi connectivity index (χ3n) is 2.84. The SMILES string of the molecule is CCCn1cccc1C(=O)N[C@H](CO)C(C)C. The summed E-state index contributed by atoms with van der Waals surface area (Å²) < 4.78 is 1.93. The van der Waals surface area contributed by atoms with Crippen LogP contribution in [0.1, 0.15) is 37.7 Å². The van der Waals surface area contributed by atoms with Crippen molar-refractivity contribution in [3.63, 3.8) is 0 Å². The number of hydrogen-bond acceptors (Lipinski definition) is 2. The van der Waals surface area contributed by atoms with E-state index in [1.165, 1.54) is 0 Å². The summed E-state index contributed by atoms with van der Waals surface area (Å²) in [6.45, 7) is 6.84. The Morgan fingerprint density at radius 1 is 1.53 bits per heavy atom. The van der Waals surface area contributed by atoms with Crippen LogP contribution in [-0.4, -0.2) is 28.2 Å². The third-order valence-corrected chi connectivity index (χ3v) is 2.84. The van der Waals surface area contributed by atoms with Gasteiger partial charge in [-0.25, -0.2) is 0 Å². The van der Waals surface area contributed by atoms with Gasteiger partial charge in [-0.2, -0.15) is 0 Å². The van der Waals surface area contributed by atoms with Gasteiger partial charge < -0.3 is 15.0 Å². The van der Waals surface area contributed by atoms with Gasteiger partial charge in [0.1, 0.15) is 5.69 Å². The molecule has 4 nitrogen and oxygen atoms in total. The normalized spacial score (nSPS) is 12.8. The Labute approximate surface area is 103 Å². The largest absolute Gasteiger partial charge is 0.394 e. The van der Waals surface area contributed by atoms with Crippen LogP contribution in [-0.2, 0) is 6.54 Å². The lowest BCUT2D eigenvalue weighted by Gasteiger charge is -2.20. The molecular weight excluding hydrogens is 216 g/mol. The molecule has 0 aliphatic rings. The topological polar surface area (TPSA) is 54.3 Å². The minimum absolute atomic E-state index is 0.0299. The first-order chi connectivity index (χ1) is 8.10. The quantitative estimate of drug-likeness (QED) is 0.791. The van der Waals surface area contributed by atoms with Crippen LogP contribution in [0.15, 0.2) is 18.3 Å². The zero-order valence-corrected chi connectivity index (χ0v) is 10.8. The molecule has 1 aromatic heterocycles. The molecule has 4 heteroatoms. The van der Waals surface area contributed by atoms with Gasteiger partial charge in [-0.1, -0.05) is 20.8 Å². The van der Waals surface area contributed by atoms with Crippen LogP contribution in [0.5, 0.6) is 0 Å². The van der Waals surface area contributed by atoms with Gasteiger partial charge in [0.25, 0.3) is 5.91 Å². The van der Waals surface area contributed by atoms with E-state index in [1.807, 2.05) is 30.7 Å². The van der Waals surface area contributed by atoms with Crippen molar-refractivity contribution in [3.8, 4) is 0 Å². The number of aliphatic hydroxyl groups is 1. The minimum Gasteiger partial charge on any atom is -0.394 e. The number of carbonyl (C=O) groups excluding carboxylic acids is 1. The standard InChI is InChI=1S/C13H22N2O2/c1-4-7-15-8-5-6-12(15)13(17)14-11(9-16)10(2)3/h5-6,8,10-11,16H,4,7,9H2,1-3H3,(H,14,17)/t11-/m1/s1. The Kier molecular flexibility index (Phi) is 5.22. The molecule has 0 aromatic carbocycles. The van der Waals surface area contributed by atoms with Gasteiger partial charge in [0.05, 0.1) is 12.6 Å². The first kappa shape index (κ1) is 13.8. The van der Waals surface area contributed by atoms with Crippen LogP contribution < -0.4 is 5.32 Å². The van der Waals surface area contributed by atoms with Crippen molar-refractivity contribution in [1.82, 2.24) is 9.88 Å². The van der Waals surface area contributed by atoms with Crippen LogP contribution in [0.2, 0.25) is 0 Å². The smallest absolute Gasteiger partial charge is 0.268 e. The highest BCUT2D eigenvalue weighted by atomic mass is 16.3. The van der Waals surface area contributed by atoms with Crippen LogP contribution in [0, 0.1) is 5.92 Å². The molecular formula is C13H22N2O2. The summed E-state index contributed by atoms with van der Waals surface area (Å²) in [7, 11) is 0. The Morgan fingerprint density at radius 3 is 2.76 bits per heavy atom. The van der Waals surface area contributed by atoms with Crippen LogP contribution in [0.4, 0.5) is 0 Å². The third kappa shape index (κ3) is 3.60. The van der Waals surface area contributed by atoms with E-state index in [4.69, 9.17) is 0 Å². The molecule has 2 N–H and O–H groups in total. The van der Waals surface area contributed by atoms with Gasteiger partial charge in [-0.15, -0.1) is 0 Å². The molecule has 1 heterocycles. The second-order valence-electron chi connectivity index (χ2n) is 4.59. The summed E-state index contributed by atoms with van der Waals surface area (Å²) in [4.78, 5) is 12.0. The highest BCUT2D eigenvalue weighted by Crippen LogP contribution is 2.06. The molecule has 17 heavy (non-hydrogen) atoms. The number of aromatic nitrogens is 1. The zero-order valence-electron chi connectivity index (χ0n) is 10.8. The zero-order chi connectivity index (χ0) is 12.8. The molecule has 0 aliphatic heterocycles. The summed E-state index contributed by atoms with van der Waals surface area (Å²) >= 11 is 0. The fourth-order valence-electron chi connectivity index (χ4n) is 1.72. The molecule has 1 atom stereocenters. The number of nitrogens with one attached hydrogen (secondary N) is 1. The van der Waals surface area contributed by atoms with E-state index in [-0.39, 0.29) is 24.5 Å². The number of hydrogen-bond donors (Lipinski definition) is 2. The Balaban J connectivity index is 2.71. The molecule has 0 fully saturated rings. The molecule has 1 rings (SSSR count). The lowest BCUT2D eigenvalue weighted by Crippen LogP contribution is -2.41. The maximum Gasteiger partial charge on any atom is 0.268 e. The molecule has 0 unspecified atom stereocenters. The van der Waals surface area contributed by atoms with Gasteiger partial charge in [0.2, 0.25) is 0 Å². The summed E-state index contributed by atoms with van der Waals surface area (Å²) in [6, 6.07) is 3.49. The first-order valence-corrected chi connectivity index (χ1v) is 6.17. The Bertz CT molecular complexity index is 358. The molecule has 1 aromatic rings. The van der Waals surface area contributed by atoms with Gasteiger partial charge in [0, 0.05) is 12.7 Å². The van der Waals surface area contributed by atoms with Crippen molar-refractivity contribution in [1.29, 1.82) is 0 Å². The molecule has 0 bridgehead atoms. The average Bonchev–Trinajstić information content (AvgIpc) is 2.74. The molecule has 0 saturated carbocycles. The molecule has 0 aliphatic carbocycles. The number of amides is 1. The van der Waals surface area contributed by atoms with Crippen LogP contribution in [0.3, 0.4) is 0 Å². The fraction of sp³-hybridized carbons (Fsp3) is 0.615. The van der Waals surface area contributed by atoms with Crippen molar-refractivity contribution in [3.05, 3.63) is 24.0 Å². The highest BCUT2D eigenvalue weighted by molar-refractivity contribution is 5.92. The van der Waals surface area contributed by atoms with Crippen molar-refractivity contribution < 1.29 is 9.90 Å². The molecule has 0 saturated heterocycles. The van der Waals surface area contributed by atoms with Crippen molar-refractivity contribution in [2.75, 3.05) is 6.61 Å². The van der Waals surface area contributed by atoms with E-state index in [9.17, 15) is 9.90 Å². The van der Waals surface area contributed by atoms with Crippen LogP contribution >= 0.6 is 0 Å². The number of carbonyl (C=O) groups is 1. The van der Waals surface area contributed by atoms with E-state index < -0.39 is 0 Å². The molecule has 1 amide bonds.